The van der Waals surface area contributed by atoms with Crippen LogP contribution in [0.2, 0.25) is 0 Å². The maximum atomic E-state index is 12.5. The van der Waals surface area contributed by atoms with E-state index >= 15 is 0 Å². The Morgan fingerprint density at radius 2 is 1.64 bits per heavy atom. The number of fused-ring (bicyclic) bond motifs is 1. The number of rotatable bonds is 9. The summed E-state index contributed by atoms with van der Waals surface area (Å²) in [6.45, 7) is 0. The summed E-state index contributed by atoms with van der Waals surface area (Å²) in [6, 6.07) is 28.3. The first-order chi connectivity index (χ1) is 16.1. The number of aromatic nitrogens is 1. The number of hydrogen-bond donors (Lipinski definition) is 1. The van der Waals surface area contributed by atoms with Crippen LogP contribution in [0.15, 0.2) is 89.4 Å². The maximum Gasteiger partial charge on any atom is 0.217 e. The summed E-state index contributed by atoms with van der Waals surface area (Å²) >= 11 is 7.12. The fraction of sp³-hybridized carbons (Fsp3) is 0.250. The fourth-order valence-electron chi connectivity index (χ4n) is 4.55. The van der Waals surface area contributed by atoms with Crippen LogP contribution in [0.3, 0.4) is 0 Å². The van der Waals surface area contributed by atoms with E-state index in [0.29, 0.717) is 12.3 Å². The Hall–Kier alpha value is -2.21. The fourth-order valence-corrected chi connectivity index (χ4v) is 5.32. The minimum Gasteiger partial charge on any atom is -0.481 e. The largest absolute Gasteiger partial charge is 0.481 e. The molecule has 0 fully saturated rings. The molecule has 0 saturated heterocycles. The lowest BCUT2D eigenvalue weighted by molar-refractivity contribution is 0.00753. The number of ether oxygens (including phenoxy) is 1. The molecule has 3 aromatic carbocycles. The van der Waals surface area contributed by atoms with E-state index in [4.69, 9.17) is 9.72 Å². The van der Waals surface area contributed by atoms with Gasteiger partial charge in [0.2, 0.25) is 5.88 Å². The summed E-state index contributed by atoms with van der Waals surface area (Å²) in [4.78, 5) is 4.82. The van der Waals surface area contributed by atoms with Gasteiger partial charge in [-0.25, -0.2) is 4.98 Å². The van der Waals surface area contributed by atoms with Gasteiger partial charge >= 0.3 is 0 Å². The summed E-state index contributed by atoms with van der Waals surface area (Å²) < 4.78 is 6.79. The van der Waals surface area contributed by atoms with Gasteiger partial charge in [-0.1, -0.05) is 92.5 Å². The molecule has 3 nitrogen and oxygen atoms in total. The molecule has 0 saturated carbocycles. The molecule has 0 spiro atoms. The number of benzene rings is 3. The monoisotopic (exact) mass is 567 g/mol. The molecule has 0 radical (unpaired) electrons. The van der Waals surface area contributed by atoms with Gasteiger partial charge in [0.05, 0.1) is 12.6 Å². The van der Waals surface area contributed by atoms with Crippen LogP contribution in [0.1, 0.15) is 41.9 Å². The summed E-state index contributed by atoms with van der Waals surface area (Å²) in [5, 5.41) is 14.4. The smallest absolute Gasteiger partial charge is 0.217 e. The van der Waals surface area contributed by atoms with Crippen molar-refractivity contribution in [3.63, 3.8) is 0 Å². The van der Waals surface area contributed by atoms with E-state index in [9.17, 15) is 5.11 Å². The summed E-state index contributed by atoms with van der Waals surface area (Å²) in [5.41, 5.74) is 2.51. The first kappa shape index (κ1) is 23.9. The standard InChI is InChI=1S/C28H27Br2NO2/c1-33-27-24(19-21-18-23(30)14-15-25(21)31-27)26(20-10-4-2-5-11-20)28(32,16-8-9-17-29)22-12-6-3-7-13-22/h2-7,10-15,18-19,26,32H,8-9,16-17H2,1H3. The second-order valence-corrected chi connectivity index (χ2v) is 9.91. The minimum absolute atomic E-state index is 0.359. The zero-order valence-corrected chi connectivity index (χ0v) is 21.7. The number of unbranched alkanes of at least 4 members (excludes halogenated alkanes) is 1. The van der Waals surface area contributed by atoms with Crippen LogP contribution < -0.4 is 4.74 Å². The van der Waals surface area contributed by atoms with E-state index in [2.05, 4.69) is 56.1 Å². The molecule has 170 valence electrons. The third-order valence-electron chi connectivity index (χ3n) is 6.10. The van der Waals surface area contributed by atoms with Crippen molar-refractivity contribution in [3.05, 3.63) is 106 Å². The van der Waals surface area contributed by atoms with Crippen molar-refractivity contribution in [2.75, 3.05) is 12.4 Å². The highest BCUT2D eigenvalue weighted by molar-refractivity contribution is 9.10. The van der Waals surface area contributed by atoms with E-state index in [-0.39, 0.29) is 5.92 Å². The number of hydrogen-bond acceptors (Lipinski definition) is 3. The van der Waals surface area contributed by atoms with Crippen LogP contribution in [0.4, 0.5) is 0 Å². The zero-order chi connectivity index (χ0) is 23.3. The lowest BCUT2D eigenvalue weighted by Gasteiger charge is -2.38. The Balaban J connectivity index is 1.98. The van der Waals surface area contributed by atoms with Gasteiger partial charge in [0.1, 0.15) is 5.60 Å². The average Bonchev–Trinajstić information content (AvgIpc) is 2.85. The summed E-state index contributed by atoms with van der Waals surface area (Å²) in [5.74, 6) is 0.177. The molecular weight excluding hydrogens is 542 g/mol. The number of halogens is 2. The van der Waals surface area contributed by atoms with E-state index in [1.807, 2.05) is 60.7 Å². The van der Waals surface area contributed by atoms with Crippen molar-refractivity contribution in [2.24, 2.45) is 0 Å². The zero-order valence-electron chi connectivity index (χ0n) is 18.5. The van der Waals surface area contributed by atoms with Crippen molar-refractivity contribution in [1.82, 2.24) is 4.98 Å². The van der Waals surface area contributed by atoms with Crippen molar-refractivity contribution in [3.8, 4) is 5.88 Å². The molecule has 4 rings (SSSR count). The predicted octanol–water partition coefficient (Wildman–Crippen LogP) is 7.59. The second-order valence-electron chi connectivity index (χ2n) is 8.20. The molecule has 2 atom stereocenters. The van der Waals surface area contributed by atoms with Crippen LogP contribution in [0, 0.1) is 0 Å². The topological polar surface area (TPSA) is 42.4 Å². The molecule has 2 unspecified atom stereocenters. The average molecular weight is 569 g/mol. The van der Waals surface area contributed by atoms with Crippen LogP contribution >= 0.6 is 31.9 Å². The number of methoxy groups -OCH3 is 1. The van der Waals surface area contributed by atoms with Gasteiger partial charge < -0.3 is 9.84 Å². The maximum absolute atomic E-state index is 12.5. The molecule has 0 amide bonds. The van der Waals surface area contributed by atoms with Gasteiger partial charge in [0, 0.05) is 26.7 Å². The van der Waals surface area contributed by atoms with Crippen LogP contribution in [-0.4, -0.2) is 22.5 Å². The molecule has 0 bridgehead atoms. The Morgan fingerprint density at radius 1 is 0.939 bits per heavy atom. The second kappa shape index (κ2) is 10.8. The number of nitrogens with zero attached hydrogens (tertiary/aromatic N) is 1. The van der Waals surface area contributed by atoms with Gasteiger partial charge in [-0.2, -0.15) is 0 Å². The first-order valence-electron chi connectivity index (χ1n) is 11.1. The lowest BCUT2D eigenvalue weighted by Crippen LogP contribution is -2.35. The highest BCUT2D eigenvalue weighted by atomic mass is 79.9. The van der Waals surface area contributed by atoms with Crippen molar-refractivity contribution in [1.29, 1.82) is 0 Å². The van der Waals surface area contributed by atoms with Crippen LogP contribution in [0.25, 0.3) is 10.9 Å². The lowest BCUT2D eigenvalue weighted by atomic mass is 9.71. The highest BCUT2D eigenvalue weighted by Crippen LogP contribution is 2.48. The van der Waals surface area contributed by atoms with Gasteiger partial charge in [-0.3, -0.25) is 0 Å². The molecule has 0 aliphatic carbocycles. The van der Waals surface area contributed by atoms with Gasteiger partial charge in [0.15, 0.2) is 0 Å². The number of aliphatic hydroxyl groups is 1. The molecule has 33 heavy (non-hydrogen) atoms. The molecule has 5 heteroatoms. The van der Waals surface area contributed by atoms with Crippen molar-refractivity contribution < 1.29 is 9.84 Å². The van der Waals surface area contributed by atoms with E-state index in [1.54, 1.807) is 7.11 Å². The molecule has 1 N–H and O–H groups in total. The van der Waals surface area contributed by atoms with E-state index in [0.717, 1.165) is 50.2 Å². The van der Waals surface area contributed by atoms with Crippen molar-refractivity contribution >= 4 is 42.8 Å². The van der Waals surface area contributed by atoms with Gasteiger partial charge in [-0.15, -0.1) is 0 Å². The first-order valence-corrected chi connectivity index (χ1v) is 13.0. The molecule has 1 aromatic heterocycles. The normalized spacial score (nSPS) is 14.1. The Kier molecular flexibility index (Phi) is 7.84. The third-order valence-corrected chi connectivity index (χ3v) is 7.15. The molecular formula is C28H27Br2NO2. The quantitative estimate of drug-likeness (QED) is 0.167. The van der Waals surface area contributed by atoms with Gasteiger partial charge in [-0.05, 0) is 54.7 Å². The molecule has 0 aliphatic rings. The van der Waals surface area contributed by atoms with E-state index in [1.165, 1.54) is 0 Å². The molecule has 0 aliphatic heterocycles. The number of pyridine rings is 1. The van der Waals surface area contributed by atoms with Gasteiger partial charge in [0.25, 0.3) is 0 Å². The Morgan fingerprint density at radius 3 is 2.30 bits per heavy atom. The van der Waals surface area contributed by atoms with Crippen LogP contribution in [-0.2, 0) is 5.60 Å². The molecule has 4 aromatic rings. The molecule has 1 heterocycles. The highest BCUT2D eigenvalue weighted by Gasteiger charge is 2.41. The van der Waals surface area contributed by atoms with Crippen molar-refractivity contribution in [2.45, 2.75) is 30.8 Å². The predicted molar refractivity (Wildman–Crippen MR) is 142 cm³/mol. The third kappa shape index (κ3) is 5.16. The van der Waals surface area contributed by atoms with Crippen LogP contribution in [0.5, 0.6) is 5.88 Å². The Bertz CT molecular complexity index is 1200. The summed E-state index contributed by atoms with van der Waals surface area (Å²) in [7, 11) is 1.64. The minimum atomic E-state index is -1.14. The van der Waals surface area contributed by atoms with E-state index < -0.39 is 5.60 Å². The summed E-state index contributed by atoms with van der Waals surface area (Å²) in [6.07, 6.45) is 2.48. The number of alkyl halides is 1. The SMILES string of the molecule is COc1nc2ccc(Br)cc2cc1C(c1ccccc1)C(O)(CCCCBr)c1ccccc1. The Labute approximate surface area is 212 Å².